The maximum Gasteiger partial charge on any atom is 0.220 e. The van der Waals surface area contributed by atoms with Gasteiger partial charge in [0.15, 0.2) is 0 Å². The Morgan fingerprint density at radius 3 is 2.52 bits per heavy atom. The van der Waals surface area contributed by atoms with Crippen molar-refractivity contribution in [1.29, 1.82) is 0 Å². The maximum absolute atomic E-state index is 11.8. The van der Waals surface area contributed by atoms with Crippen molar-refractivity contribution in [3.05, 3.63) is 0 Å². The summed E-state index contributed by atoms with van der Waals surface area (Å²) in [5.74, 6) is 3.97. The molecule has 2 nitrogen and oxygen atoms in total. The molecular formula is C19H31NO. The molecule has 21 heavy (non-hydrogen) atoms. The number of carbonyl (C=O) groups excluding carboxylic acids is 1. The molecule has 0 bridgehead atoms. The first-order valence-corrected chi connectivity index (χ1v) is 9.24. The average molecular weight is 289 g/mol. The Bertz CT molecular complexity index is 460. The van der Waals surface area contributed by atoms with E-state index in [0.717, 1.165) is 36.5 Å². The van der Waals surface area contributed by atoms with Crippen molar-refractivity contribution < 1.29 is 4.79 Å². The van der Waals surface area contributed by atoms with Gasteiger partial charge in [-0.25, -0.2) is 0 Å². The van der Waals surface area contributed by atoms with Crippen LogP contribution in [0.2, 0.25) is 0 Å². The SMILES string of the molecule is CC1CCC2C3CC[C@H]4NC(=O)CCC4(C)C3CCC12C. The monoisotopic (exact) mass is 289 g/mol. The van der Waals surface area contributed by atoms with Gasteiger partial charge in [-0.2, -0.15) is 0 Å². The van der Waals surface area contributed by atoms with Crippen LogP contribution in [0.15, 0.2) is 0 Å². The first kappa shape index (κ1) is 14.1. The molecule has 1 heterocycles. The predicted octanol–water partition coefficient (Wildman–Crippen LogP) is 4.14. The van der Waals surface area contributed by atoms with E-state index >= 15 is 0 Å². The molecule has 1 saturated heterocycles. The van der Waals surface area contributed by atoms with Gasteiger partial charge in [-0.1, -0.05) is 20.8 Å². The molecule has 3 aliphatic carbocycles. The number of piperidine rings is 1. The largest absolute Gasteiger partial charge is 0.353 e. The standard InChI is InChI=1S/C19H31NO/c1-12-4-6-14-13-5-7-16-19(3,11-9-17(21)20-16)15(13)8-10-18(12,14)2/h12-16H,4-11H2,1-3H3,(H,20,21)/t12?,13?,14?,15?,16-,18?,19?/m1/s1. The zero-order chi connectivity index (χ0) is 14.8. The van der Waals surface area contributed by atoms with Crippen LogP contribution < -0.4 is 5.32 Å². The van der Waals surface area contributed by atoms with Gasteiger partial charge in [0.1, 0.15) is 0 Å². The summed E-state index contributed by atoms with van der Waals surface area (Å²) in [6.45, 7) is 7.58. The number of fused-ring (bicyclic) bond motifs is 5. The zero-order valence-electron chi connectivity index (χ0n) is 14.0. The highest BCUT2D eigenvalue weighted by Crippen LogP contribution is 2.65. The number of amides is 1. The Morgan fingerprint density at radius 1 is 0.952 bits per heavy atom. The highest BCUT2D eigenvalue weighted by atomic mass is 16.1. The third-order valence-electron chi connectivity index (χ3n) is 8.57. The normalized spacial score (nSPS) is 56.1. The fraction of sp³-hybridized carbons (Fsp3) is 0.947. The van der Waals surface area contributed by atoms with Gasteiger partial charge >= 0.3 is 0 Å². The number of hydrogen-bond donors (Lipinski definition) is 1. The molecule has 4 fully saturated rings. The summed E-state index contributed by atoms with van der Waals surface area (Å²) in [7, 11) is 0. The minimum Gasteiger partial charge on any atom is -0.353 e. The van der Waals surface area contributed by atoms with Crippen LogP contribution in [-0.2, 0) is 4.79 Å². The van der Waals surface area contributed by atoms with Gasteiger partial charge in [0.05, 0.1) is 0 Å². The van der Waals surface area contributed by atoms with Gasteiger partial charge in [0.25, 0.3) is 0 Å². The van der Waals surface area contributed by atoms with Gasteiger partial charge in [-0.05, 0) is 79.4 Å². The van der Waals surface area contributed by atoms with E-state index in [2.05, 4.69) is 26.1 Å². The molecule has 4 aliphatic rings. The van der Waals surface area contributed by atoms with E-state index in [-0.39, 0.29) is 0 Å². The van der Waals surface area contributed by atoms with Gasteiger partial charge in [0.2, 0.25) is 5.91 Å². The summed E-state index contributed by atoms with van der Waals surface area (Å²) in [5, 5.41) is 3.33. The molecule has 0 aromatic carbocycles. The van der Waals surface area contributed by atoms with Crippen LogP contribution in [0.1, 0.15) is 72.1 Å². The molecule has 0 spiro atoms. The molecule has 1 N–H and O–H groups in total. The summed E-state index contributed by atoms with van der Waals surface area (Å²) in [4.78, 5) is 11.8. The fourth-order valence-corrected chi connectivity index (χ4v) is 6.96. The van der Waals surface area contributed by atoms with Crippen molar-refractivity contribution in [3.8, 4) is 0 Å². The molecule has 3 saturated carbocycles. The molecule has 1 amide bonds. The summed E-state index contributed by atoms with van der Waals surface area (Å²) < 4.78 is 0. The lowest BCUT2D eigenvalue weighted by molar-refractivity contribution is -0.136. The van der Waals surface area contributed by atoms with Crippen molar-refractivity contribution in [2.45, 2.75) is 78.2 Å². The lowest BCUT2D eigenvalue weighted by atomic mass is 9.47. The molecule has 7 atom stereocenters. The van der Waals surface area contributed by atoms with Crippen molar-refractivity contribution in [3.63, 3.8) is 0 Å². The third kappa shape index (κ3) is 1.80. The van der Waals surface area contributed by atoms with Gasteiger partial charge < -0.3 is 5.32 Å². The number of nitrogens with one attached hydrogen (secondary N) is 1. The molecular weight excluding hydrogens is 258 g/mol. The zero-order valence-corrected chi connectivity index (χ0v) is 14.0. The van der Waals surface area contributed by atoms with Gasteiger partial charge in [-0.3, -0.25) is 4.79 Å². The minimum absolute atomic E-state index is 0.297. The highest BCUT2D eigenvalue weighted by Gasteiger charge is 2.59. The summed E-state index contributed by atoms with van der Waals surface area (Å²) in [5.41, 5.74) is 0.992. The Kier molecular flexibility index (Phi) is 3.01. The van der Waals surface area contributed by atoms with Gasteiger partial charge in [0, 0.05) is 12.5 Å². The van der Waals surface area contributed by atoms with E-state index in [1.807, 2.05) is 0 Å². The van der Waals surface area contributed by atoms with E-state index < -0.39 is 0 Å². The van der Waals surface area contributed by atoms with Crippen molar-refractivity contribution in [1.82, 2.24) is 5.32 Å². The van der Waals surface area contributed by atoms with Crippen LogP contribution in [0, 0.1) is 34.5 Å². The minimum atomic E-state index is 0.297. The molecule has 0 radical (unpaired) electrons. The number of carbonyl (C=O) groups is 1. The Hall–Kier alpha value is -0.530. The predicted molar refractivity (Wildman–Crippen MR) is 84.7 cm³/mol. The molecule has 6 unspecified atom stereocenters. The van der Waals surface area contributed by atoms with Gasteiger partial charge in [-0.15, -0.1) is 0 Å². The molecule has 4 rings (SSSR count). The molecule has 2 heteroatoms. The lowest BCUT2D eigenvalue weighted by Crippen LogP contribution is -2.60. The van der Waals surface area contributed by atoms with E-state index in [1.165, 1.54) is 38.5 Å². The van der Waals surface area contributed by atoms with Crippen molar-refractivity contribution in [2.75, 3.05) is 0 Å². The summed E-state index contributed by atoms with van der Waals surface area (Å²) in [6, 6.07) is 0.461. The van der Waals surface area contributed by atoms with Crippen LogP contribution in [0.3, 0.4) is 0 Å². The lowest BCUT2D eigenvalue weighted by Gasteiger charge is -2.60. The second-order valence-electron chi connectivity index (χ2n) is 9.10. The first-order chi connectivity index (χ1) is 9.95. The quantitative estimate of drug-likeness (QED) is 0.713. The van der Waals surface area contributed by atoms with Crippen LogP contribution in [0.4, 0.5) is 0 Å². The fourth-order valence-electron chi connectivity index (χ4n) is 6.96. The molecule has 0 aromatic heterocycles. The summed E-state index contributed by atoms with van der Waals surface area (Å²) in [6.07, 6.45) is 10.2. The second kappa shape index (κ2) is 4.49. The molecule has 1 aliphatic heterocycles. The second-order valence-corrected chi connectivity index (χ2v) is 9.10. The van der Waals surface area contributed by atoms with Crippen LogP contribution in [0.25, 0.3) is 0 Å². The number of hydrogen-bond acceptors (Lipinski definition) is 1. The molecule has 0 aromatic rings. The van der Waals surface area contributed by atoms with Crippen molar-refractivity contribution >= 4 is 5.91 Å². The topological polar surface area (TPSA) is 29.1 Å². The smallest absolute Gasteiger partial charge is 0.220 e. The Morgan fingerprint density at radius 2 is 1.71 bits per heavy atom. The molecule has 118 valence electrons. The Balaban J connectivity index is 1.64. The Labute approximate surface area is 129 Å². The van der Waals surface area contributed by atoms with Crippen LogP contribution >= 0.6 is 0 Å². The van der Waals surface area contributed by atoms with E-state index in [0.29, 0.717) is 22.8 Å². The van der Waals surface area contributed by atoms with Crippen molar-refractivity contribution in [2.24, 2.45) is 34.5 Å². The number of rotatable bonds is 0. The average Bonchev–Trinajstić information content (AvgIpc) is 2.76. The first-order valence-electron chi connectivity index (χ1n) is 9.24. The van der Waals surface area contributed by atoms with Crippen LogP contribution in [0.5, 0.6) is 0 Å². The van der Waals surface area contributed by atoms with E-state index in [9.17, 15) is 4.79 Å². The van der Waals surface area contributed by atoms with E-state index in [4.69, 9.17) is 0 Å². The maximum atomic E-state index is 11.8. The third-order valence-corrected chi connectivity index (χ3v) is 8.57. The van der Waals surface area contributed by atoms with E-state index in [1.54, 1.807) is 0 Å². The highest BCUT2D eigenvalue weighted by molar-refractivity contribution is 5.77. The van der Waals surface area contributed by atoms with Crippen LogP contribution in [-0.4, -0.2) is 11.9 Å². The summed E-state index contributed by atoms with van der Waals surface area (Å²) >= 11 is 0.